The first-order valence-electron chi connectivity index (χ1n) is 6.13. The number of rotatable bonds is 3. The van der Waals surface area contributed by atoms with Crippen molar-refractivity contribution in [2.45, 2.75) is 19.6 Å². The average Bonchev–Trinajstić information content (AvgIpc) is 2.97. The molecule has 0 unspecified atom stereocenters. The first-order valence-corrected chi connectivity index (χ1v) is 7.01. The van der Waals surface area contributed by atoms with E-state index in [0.717, 1.165) is 22.4 Å². The first kappa shape index (κ1) is 13.9. The van der Waals surface area contributed by atoms with Crippen molar-refractivity contribution in [1.82, 2.24) is 14.4 Å². The summed E-state index contributed by atoms with van der Waals surface area (Å²) in [6.45, 7) is 2.37. The van der Waals surface area contributed by atoms with Crippen LogP contribution in [0.15, 0.2) is 29.9 Å². The molecule has 0 atom stereocenters. The zero-order valence-corrected chi connectivity index (χ0v) is 11.8. The van der Waals surface area contributed by atoms with E-state index in [4.69, 9.17) is 0 Å². The summed E-state index contributed by atoms with van der Waals surface area (Å²) in [5.74, 6) is 0. The Kier molecular flexibility index (Phi) is 3.32. The summed E-state index contributed by atoms with van der Waals surface area (Å²) in [4.78, 5) is 8.72. The van der Waals surface area contributed by atoms with Crippen LogP contribution in [0.3, 0.4) is 0 Å². The highest BCUT2D eigenvalue weighted by molar-refractivity contribution is 7.15. The molecule has 0 aliphatic carbocycles. The van der Waals surface area contributed by atoms with Gasteiger partial charge >= 0.3 is 6.18 Å². The smallest absolute Gasteiger partial charge is 0.378 e. The SMILES string of the molecule is Cc1nc2sccn2c1CNc1ccc(C(F)(F)F)nc1. The highest BCUT2D eigenvalue weighted by Gasteiger charge is 2.31. The van der Waals surface area contributed by atoms with E-state index in [1.165, 1.54) is 23.6 Å². The summed E-state index contributed by atoms with van der Waals surface area (Å²) < 4.78 is 39.2. The minimum Gasteiger partial charge on any atom is -0.378 e. The van der Waals surface area contributed by atoms with Gasteiger partial charge in [-0.15, -0.1) is 11.3 Å². The highest BCUT2D eigenvalue weighted by atomic mass is 32.1. The second-order valence-corrected chi connectivity index (χ2v) is 5.36. The Hall–Kier alpha value is -2.09. The molecule has 1 N–H and O–H groups in total. The van der Waals surface area contributed by atoms with Gasteiger partial charge in [-0.3, -0.25) is 4.40 Å². The number of anilines is 1. The predicted octanol–water partition coefficient (Wildman–Crippen LogP) is 3.73. The maximum Gasteiger partial charge on any atom is 0.433 e. The quantitative estimate of drug-likeness (QED) is 0.801. The number of nitrogens with zero attached hydrogens (tertiary/aromatic N) is 3. The average molecular weight is 312 g/mol. The van der Waals surface area contributed by atoms with Crippen LogP contribution in [0.5, 0.6) is 0 Å². The summed E-state index contributed by atoms with van der Waals surface area (Å²) in [5.41, 5.74) is 1.52. The molecule has 0 aromatic carbocycles. The van der Waals surface area contributed by atoms with Crippen LogP contribution in [0, 0.1) is 6.92 Å². The van der Waals surface area contributed by atoms with Gasteiger partial charge in [-0.1, -0.05) is 0 Å². The Balaban J connectivity index is 1.76. The van der Waals surface area contributed by atoms with Gasteiger partial charge < -0.3 is 5.32 Å². The van der Waals surface area contributed by atoms with Crippen LogP contribution in [-0.4, -0.2) is 14.4 Å². The zero-order chi connectivity index (χ0) is 15.0. The van der Waals surface area contributed by atoms with Gasteiger partial charge in [-0.05, 0) is 19.1 Å². The Morgan fingerprint density at radius 3 is 2.81 bits per heavy atom. The number of hydrogen-bond donors (Lipinski definition) is 1. The van der Waals surface area contributed by atoms with Crippen molar-refractivity contribution in [2.24, 2.45) is 0 Å². The molecule has 110 valence electrons. The number of pyridine rings is 1. The van der Waals surface area contributed by atoms with Crippen LogP contribution in [0.2, 0.25) is 0 Å². The molecule has 0 amide bonds. The molecule has 3 aromatic rings. The first-order chi connectivity index (χ1) is 9.95. The molecule has 3 aromatic heterocycles. The number of imidazole rings is 1. The van der Waals surface area contributed by atoms with E-state index in [1.54, 1.807) is 0 Å². The molecule has 3 rings (SSSR count). The van der Waals surface area contributed by atoms with E-state index in [2.05, 4.69) is 15.3 Å². The van der Waals surface area contributed by atoms with Crippen molar-refractivity contribution in [3.8, 4) is 0 Å². The molecule has 0 aliphatic rings. The number of aryl methyl sites for hydroxylation is 1. The molecule has 0 fully saturated rings. The Labute approximate surface area is 122 Å². The Morgan fingerprint density at radius 1 is 1.33 bits per heavy atom. The van der Waals surface area contributed by atoms with Crippen molar-refractivity contribution in [3.63, 3.8) is 0 Å². The second-order valence-electron chi connectivity index (χ2n) is 4.48. The van der Waals surface area contributed by atoms with Gasteiger partial charge in [0.2, 0.25) is 0 Å². The second kappa shape index (κ2) is 5.03. The number of thiazole rings is 1. The van der Waals surface area contributed by atoms with E-state index in [-0.39, 0.29) is 0 Å². The van der Waals surface area contributed by atoms with Gasteiger partial charge in [-0.2, -0.15) is 13.2 Å². The van der Waals surface area contributed by atoms with Gasteiger partial charge in [-0.25, -0.2) is 9.97 Å². The minimum atomic E-state index is -4.41. The van der Waals surface area contributed by atoms with Crippen LogP contribution in [0.25, 0.3) is 4.96 Å². The van der Waals surface area contributed by atoms with Crippen molar-refractivity contribution < 1.29 is 13.2 Å². The lowest BCUT2D eigenvalue weighted by Gasteiger charge is -2.09. The van der Waals surface area contributed by atoms with E-state index < -0.39 is 11.9 Å². The standard InChI is InChI=1S/C13H11F3N4S/c1-8-10(20-4-5-21-12(20)19-8)7-17-9-2-3-11(18-6-9)13(14,15)16/h2-6,17H,7H2,1H3. The third kappa shape index (κ3) is 2.71. The largest absolute Gasteiger partial charge is 0.433 e. The predicted molar refractivity (Wildman–Crippen MR) is 74.4 cm³/mol. The molecule has 0 saturated heterocycles. The molecule has 21 heavy (non-hydrogen) atoms. The van der Waals surface area contributed by atoms with Gasteiger partial charge in [0, 0.05) is 11.6 Å². The summed E-state index contributed by atoms with van der Waals surface area (Å²) in [7, 11) is 0. The lowest BCUT2D eigenvalue weighted by molar-refractivity contribution is -0.141. The third-order valence-electron chi connectivity index (χ3n) is 3.08. The van der Waals surface area contributed by atoms with Crippen molar-refractivity contribution in [1.29, 1.82) is 0 Å². The third-order valence-corrected chi connectivity index (χ3v) is 3.83. The molecule has 0 saturated carbocycles. The van der Waals surface area contributed by atoms with Gasteiger partial charge in [0.25, 0.3) is 0 Å². The molecule has 0 aliphatic heterocycles. The van der Waals surface area contributed by atoms with Gasteiger partial charge in [0.05, 0.1) is 29.8 Å². The number of halogens is 3. The summed E-state index contributed by atoms with van der Waals surface area (Å²) in [5, 5.41) is 5.00. The zero-order valence-electron chi connectivity index (χ0n) is 11.0. The molecule has 3 heterocycles. The highest BCUT2D eigenvalue weighted by Crippen LogP contribution is 2.28. The fourth-order valence-corrected chi connectivity index (χ4v) is 2.78. The van der Waals surface area contributed by atoms with Crippen LogP contribution in [0.1, 0.15) is 17.1 Å². The molecule has 4 nitrogen and oxygen atoms in total. The lowest BCUT2D eigenvalue weighted by atomic mass is 10.3. The van der Waals surface area contributed by atoms with E-state index in [0.29, 0.717) is 12.2 Å². The Bertz CT molecular complexity index is 758. The normalized spacial score (nSPS) is 12.0. The number of aromatic nitrogens is 3. The maximum atomic E-state index is 12.4. The molecule has 0 radical (unpaired) electrons. The van der Waals surface area contributed by atoms with Crippen molar-refractivity contribution in [2.75, 3.05) is 5.32 Å². The fraction of sp³-hybridized carbons (Fsp3) is 0.231. The maximum absolute atomic E-state index is 12.4. The number of hydrogen-bond acceptors (Lipinski definition) is 4. The minimum absolute atomic E-state index is 0.469. The summed E-state index contributed by atoms with van der Waals surface area (Å²) in [6, 6.07) is 2.34. The lowest BCUT2D eigenvalue weighted by Crippen LogP contribution is -2.09. The molecular formula is C13H11F3N4S. The monoisotopic (exact) mass is 312 g/mol. The fourth-order valence-electron chi connectivity index (χ4n) is 2.01. The Morgan fingerprint density at radius 2 is 2.14 bits per heavy atom. The molecule has 8 heteroatoms. The van der Waals surface area contributed by atoms with Crippen LogP contribution in [-0.2, 0) is 12.7 Å². The van der Waals surface area contributed by atoms with Crippen LogP contribution < -0.4 is 5.32 Å². The molecule has 0 spiro atoms. The van der Waals surface area contributed by atoms with Crippen molar-refractivity contribution >= 4 is 22.0 Å². The number of nitrogens with one attached hydrogen (secondary N) is 1. The van der Waals surface area contributed by atoms with Gasteiger partial charge in [0.1, 0.15) is 5.69 Å². The van der Waals surface area contributed by atoms with Crippen LogP contribution >= 0.6 is 11.3 Å². The number of alkyl halides is 3. The number of fused-ring (bicyclic) bond motifs is 1. The summed E-state index contributed by atoms with van der Waals surface area (Å²) >= 11 is 1.54. The molecule has 0 bridgehead atoms. The van der Waals surface area contributed by atoms with E-state index >= 15 is 0 Å². The molecular weight excluding hydrogens is 301 g/mol. The van der Waals surface area contributed by atoms with Crippen molar-refractivity contribution in [3.05, 3.63) is 47.0 Å². The van der Waals surface area contributed by atoms with Crippen LogP contribution in [0.4, 0.5) is 18.9 Å². The topological polar surface area (TPSA) is 42.2 Å². The van der Waals surface area contributed by atoms with E-state index in [9.17, 15) is 13.2 Å². The van der Waals surface area contributed by atoms with E-state index in [1.807, 2.05) is 22.9 Å². The summed E-state index contributed by atoms with van der Waals surface area (Å²) in [6.07, 6.45) is -1.31. The van der Waals surface area contributed by atoms with Gasteiger partial charge in [0.15, 0.2) is 4.96 Å².